The zero-order valence-electron chi connectivity index (χ0n) is 24.1. The molecular weight excluding hydrogens is 504 g/mol. The van der Waals surface area contributed by atoms with Gasteiger partial charge >= 0.3 is 0 Å². The minimum absolute atomic E-state index is 0.964. The quantitative estimate of drug-likeness (QED) is 0.180. The second-order valence-corrected chi connectivity index (χ2v) is 12.0. The Labute approximate surface area is 250 Å². The van der Waals surface area contributed by atoms with Crippen LogP contribution in [-0.4, -0.2) is 0 Å². The van der Waals surface area contributed by atoms with Crippen LogP contribution in [0.3, 0.4) is 0 Å². The van der Waals surface area contributed by atoms with E-state index in [9.17, 15) is 0 Å². The van der Waals surface area contributed by atoms with Gasteiger partial charge in [0, 0.05) is 0 Å². The minimum Gasteiger partial charge on any atom is -0.0584 e. The average Bonchev–Trinajstić information content (AvgIpc) is 3.03. The Kier molecular flexibility index (Phi) is 7.53. The lowest BCUT2D eigenvalue weighted by molar-refractivity contribution is 1.12. The van der Waals surface area contributed by atoms with E-state index < -0.39 is 0 Å². The largest absolute Gasteiger partial charge is 0.0584 e. The average molecular weight is 541 g/mol. The predicted octanol–water partition coefficient (Wildman–Crippen LogP) is 9.54. The molecule has 6 aromatic rings. The summed E-state index contributed by atoms with van der Waals surface area (Å²) >= 11 is 0. The van der Waals surface area contributed by atoms with Gasteiger partial charge in [0.25, 0.3) is 0 Å². The molecule has 0 spiro atoms. The summed E-state index contributed by atoms with van der Waals surface area (Å²) in [6, 6.07) is 54.9. The number of hydrogen-bond donors (Lipinski definition) is 0. The highest BCUT2D eigenvalue weighted by Gasteiger charge is 2.05. The first-order chi connectivity index (χ1) is 20.7. The summed E-state index contributed by atoms with van der Waals surface area (Å²) in [5.74, 6) is 0. The Bertz CT molecular complexity index is 1260. The van der Waals surface area contributed by atoms with Crippen molar-refractivity contribution < 1.29 is 0 Å². The van der Waals surface area contributed by atoms with Gasteiger partial charge in [0.1, 0.15) is 0 Å². The third kappa shape index (κ3) is 6.61. The molecule has 0 fully saturated rings. The molecule has 16 aliphatic rings. The maximum absolute atomic E-state index is 2.29. The number of rotatable bonds is 0. The van der Waals surface area contributed by atoms with E-state index >= 15 is 0 Å². The molecule has 6 aromatic carbocycles. The molecule has 0 amide bonds. The zero-order chi connectivity index (χ0) is 28.1. The Balaban J connectivity index is 1.14. The molecule has 42 heavy (non-hydrogen) atoms. The molecule has 0 saturated carbocycles. The van der Waals surface area contributed by atoms with Gasteiger partial charge in [0.15, 0.2) is 0 Å². The maximum atomic E-state index is 2.29. The van der Waals surface area contributed by atoms with Gasteiger partial charge in [-0.2, -0.15) is 0 Å². The molecule has 0 nitrogen and oxygen atoms in total. The number of hydrogen-bond acceptors (Lipinski definition) is 0. The van der Waals surface area contributed by atoms with E-state index in [0.29, 0.717) is 0 Å². The summed E-state index contributed by atoms with van der Waals surface area (Å²) in [6.07, 6.45) is 5.79. The van der Waals surface area contributed by atoms with Gasteiger partial charge in [0.05, 0.1) is 0 Å². The molecule has 0 saturated heterocycles. The molecule has 12 bridgehead atoms. The summed E-state index contributed by atoms with van der Waals surface area (Å²) in [7, 11) is 0. The SMILES string of the molecule is c1cc2ccc1Cc1ccc(cc1)Cc1ccc(cc1)Cc1ccc(cc1)Cc1ccc(cc1)Cc1ccc(cc1)C2. The van der Waals surface area contributed by atoms with E-state index in [-0.39, 0.29) is 0 Å². The van der Waals surface area contributed by atoms with Crippen molar-refractivity contribution in [3.8, 4) is 0 Å². The molecule has 0 aromatic heterocycles. The first kappa shape index (κ1) is 26.2. The van der Waals surface area contributed by atoms with Gasteiger partial charge in [-0.3, -0.25) is 0 Å². The van der Waals surface area contributed by atoms with Crippen LogP contribution >= 0.6 is 0 Å². The number of benzene rings is 6. The predicted molar refractivity (Wildman–Crippen MR) is 175 cm³/mol. The van der Waals surface area contributed by atoms with Crippen LogP contribution in [0.2, 0.25) is 0 Å². The van der Waals surface area contributed by atoms with Crippen molar-refractivity contribution in [1.82, 2.24) is 0 Å². The maximum Gasteiger partial charge on any atom is -0.00258 e. The summed E-state index contributed by atoms with van der Waals surface area (Å²) in [5.41, 5.74) is 16.3. The summed E-state index contributed by atoms with van der Waals surface area (Å²) in [6.45, 7) is 0. The molecule has 16 aliphatic carbocycles. The van der Waals surface area contributed by atoms with Crippen molar-refractivity contribution in [3.05, 3.63) is 212 Å². The van der Waals surface area contributed by atoms with Crippen LogP contribution in [-0.2, 0) is 38.5 Å². The van der Waals surface area contributed by atoms with Gasteiger partial charge < -0.3 is 0 Å². The molecule has 0 atom stereocenters. The van der Waals surface area contributed by atoms with Crippen molar-refractivity contribution in [3.63, 3.8) is 0 Å². The van der Waals surface area contributed by atoms with Crippen LogP contribution < -0.4 is 0 Å². The minimum atomic E-state index is 0.964. The molecule has 0 radical (unpaired) electrons. The molecule has 0 heteroatoms. The topological polar surface area (TPSA) is 0 Å². The van der Waals surface area contributed by atoms with E-state index in [4.69, 9.17) is 0 Å². The fourth-order valence-electron chi connectivity index (χ4n) is 6.06. The first-order valence-corrected chi connectivity index (χ1v) is 15.2. The summed E-state index contributed by atoms with van der Waals surface area (Å²) in [4.78, 5) is 0. The van der Waals surface area contributed by atoms with Gasteiger partial charge in [-0.1, -0.05) is 146 Å². The molecule has 0 N–H and O–H groups in total. The van der Waals surface area contributed by atoms with Crippen LogP contribution in [0, 0.1) is 0 Å². The van der Waals surface area contributed by atoms with Crippen LogP contribution in [0.4, 0.5) is 0 Å². The van der Waals surface area contributed by atoms with Crippen molar-refractivity contribution in [2.45, 2.75) is 38.5 Å². The fourth-order valence-corrected chi connectivity index (χ4v) is 6.06. The van der Waals surface area contributed by atoms with Gasteiger partial charge in [-0.05, 0) is 105 Å². The van der Waals surface area contributed by atoms with Crippen molar-refractivity contribution >= 4 is 0 Å². The van der Waals surface area contributed by atoms with Crippen LogP contribution in [0.25, 0.3) is 0 Å². The molecule has 204 valence electrons. The highest BCUT2D eigenvalue weighted by Crippen LogP contribution is 2.20. The lowest BCUT2D eigenvalue weighted by Crippen LogP contribution is -1.95. The van der Waals surface area contributed by atoms with E-state index in [1.54, 1.807) is 0 Å². The van der Waals surface area contributed by atoms with Gasteiger partial charge in [-0.15, -0.1) is 0 Å². The van der Waals surface area contributed by atoms with Gasteiger partial charge in [0.2, 0.25) is 0 Å². The third-order valence-electron chi connectivity index (χ3n) is 8.59. The highest BCUT2D eigenvalue weighted by atomic mass is 14.1. The summed E-state index contributed by atoms with van der Waals surface area (Å²) < 4.78 is 0. The standard InChI is InChI=1S/C42H36/c1-2-32-4-3-31(1)25-33-5-7-35(8-6-33)27-37-13-15-39(16-14-37)29-41-21-23-42(24-22-41)30-40-19-17-38(18-20-40)28-36-11-9-34(26-32)10-12-36/h1-24H,25-30H2. The monoisotopic (exact) mass is 540 g/mol. The Morgan fingerprint density at radius 3 is 0.286 bits per heavy atom. The Hall–Kier alpha value is -4.68. The smallest absolute Gasteiger partial charge is 0.00258 e. The van der Waals surface area contributed by atoms with Crippen LogP contribution in [0.1, 0.15) is 66.8 Å². The summed E-state index contributed by atoms with van der Waals surface area (Å²) in [5, 5.41) is 0. The highest BCUT2D eigenvalue weighted by molar-refractivity contribution is 5.38. The van der Waals surface area contributed by atoms with Gasteiger partial charge in [-0.25, -0.2) is 0 Å². The second kappa shape index (κ2) is 12.0. The van der Waals surface area contributed by atoms with Crippen LogP contribution in [0.15, 0.2) is 146 Å². The Morgan fingerprint density at radius 1 is 0.143 bits per heavy atom. The lowest BCUT2D eigenvalue weighted by atomic mass is 9.96. The zero-order valence-corrected chi connectivity index (χ0v) is 24.1. The van der Waals surface area contributed by atoms with E-state index in [2.05, 4.69) is 146 Å². The van der Waals surface area contributed by atoms with E-state index in [1.165, 1.54) is 66.8 Å². The molecular formula is C42H36. The second-order valence-electron chi connectivity index (χ2n) is 12.0. The molecule has 0 unspecified atom stereocenters. The van der Waals surface area contributed by atoms with Crippen LogP contribution in [0.5, 0.6) is 0 Å². The Morgan fingerprint density at radius 2 is 0.214 bits per heavy atom. The first-order valence-electron chi connectivity index (χ1n) is 15.2. The van der Waals surface area contributed by atoms with E-state index in [1.807, 2.05) is 0 Å². The molecule has 0 aliphatic heterocycles. The lowest BCUT2D eigenvalue weighted by Gasteiger charge is -2.09. The fraction of sp³-hybridized carbons (Fsp3) is 0.143. The van der Waals surface area contributed by atoms with Crippen molar-refractivity contribution in [2.75, 3.05) is 0 Å². The normalized spacial score (nSPS) is 13.1. The molecule has 0 heterocycles. The van der Waals surface area contributed by atoms with Crippen molar-refractivity contribution in [2.24, 2.45) is 0 Å². The van der Waals surface area contributed by atoms with E-state index in [0.717, 1.165) is 38.5 Å². The third-order valence-corrected chi connectivity index (χ3v) is 8.59. The molecule has 22 rings (SSSR count). The van der Waals surface area contributed by atoms with Crippen molar-refractivity contribution in [1.29, 1.82) is 0 Å².